The van der Waals surface area contributed by atoms with Gasteiger partial charge in [0.25, 0.3) is 0 Å². The number of rotatable bonds is 9. The molecule has 1 fully saturated rings. The summed E-state index contributed by atoms with van der Waals surface area (Å²) in [6.07, 6.45) is 3.61. The molecule has 218 valence electrons. The van der Waals surface area contributed by atoms with Crippen LogP contribution in [0.3, 0.4) is 0 Å². The lowest BCUT2D eigenvalue weighted by atomic mass is 9.68. The highest BCUT2D eigenvalue weighted by Crippen LogP contribution is 2.48. The van der Waals surface area contributed by atoms with Crippen molar-refractivity contribution in [3.63, 3.8) is 0 Å². The van der Waals surface area contributed by atoms with E-state index in [4.69, 9.17) is 15.9 Å². The third-order valence-corrected chi connectivity index (χ3v) is 8.43. The number of likely N-dealkylation sites (tertiary alicyclic amines) is 1. The van der Waals surface area contributed by atoms with E-state index in [-0.39, 0.29) is 18.5 Å². The van der Waals surface area contributed by atoms with E-state index in [2.05, 4.69) is 21.6 Å². The molecule has 1 aliphatic heterocycles. The highest BCUT2D eigenvalue weighted by atomic mass is 16.4. The van der Waals surface area contributed by atoms with Crippen LogP contribution in [0.5, 0.6) is 0 Å². The van der Waals surface area contributed by atoms with Gasteiger partial charge in [0.2, 0.25) is 29.5 Å². The van der Waals surface area contributed by atoms with E-state index in [1.807, 2.05) is 26.0 Å². The predicted molar refractivity (Wildman–Crippen MR) is 153 cm³/mol. The van der Waals surface area contributed by atoms with Gasteiger partial charge in [0.1, 0.15) is 11.5 Å². The van der Waals surface area contributed by atoms with Crippen molar-refractivity contribution in [3.8, 4) is 6.07 Å². The summed E-state index contributed by atoms with van der Waals surface area (Å²) in [6, 6.07) is 12.4. The standard InChI is InChI=1S/C31H35N7O4/c1-3-26-36-37-30(42-26)31(15-18(2)35-17-27(39)38-12-4-5-23(38)16-32)24-10-8-21(28(33)40)13-19(24)6-7-20-14-22(29(34)41)9-11-25(20)31/h8-11,13-14,18,23,35H,3-7,12,15,17H2,1-2H3,(H2,33,40)(H2,34,41)/t18-,23+/m1/s1. The molecular weight excluding hydrogens is 534 g/mol. The van der Waals surface area contributed by atoms with Crippen LogP contribution in [-0.4, -0.2) is 58.0 Å². The molecule has 1 aromatic heterocycles. The lowest BCUT2D eigenvalue weighted by Gasteiger charge is -2.36. The van der Waals surface area contributed by atoms with Gasteiger partial charge in [-0.3, -0.25) is 14.4 Å². The highest BCUT2D eigenvalue weighted by molar-refractivity contribution is 5.94. The third-order valence-electron chi connectivity index (χ3n) is 8.43. The summed E-state index contributed by atoms with van der Waals surface area (Å²) in [5.41, 5.74) is 14.7. The fourth-order valence-electron chi connectivity index (χ4n) is 6.36. The minimum absolute atomic E-state index is 0.0699. The number of primary amides is 2. The number of hydrogen-bond donors (Lipinski definition) is 3. The highest BCUT2D eigenvalue weighted by Gasteiger charge is 2.46. The van der Waals surface area contributed by atoms with Crippen molar-refractivity contribution in [3.05, 3.63) is 81.6 Å². The van der Waals surface area contributed by atoms with Gasteiger partial charge in [0.05, 0.1) is 12.6 Å². The van der Waals surface area contributed by atoms with E-state index in [9.17, 15) is 19.6 Å². The number of nitrogens with zero attached hydrogens (tertiary/aromatic N) is 4. The minimum Gasteiger partial charge on any atom is -0.424 e. The molecule has 42 heavy (non-hydrogen) atoms. The zero-order valence-electron chi connectivity index (χ0n) is 23.9. The Morgan fingerprint density at radius 1 is 1.10 bits per heavy atom. The summed E-state index contributed by atoms with van der Waals surface area (Å²) in [5, 5.41) is 21.6. The number of carbonyl (C=O) groups is 3. The van der Waals surface area contributed by atoms with Crippen LogP contribution in [0.15, 0.2) is 40.8 Å². The lowest BCUT2D eigenvalue weighted by Crippen LogP contribution is -2.45. The Labute approximate surface area is 244 Å². The fraction of sp³-hybridized carbons (Fsp3) is 0.419. The number of hydrogen-bond acceptors (Lipinski definition) is 8. The first-order chi connectivity index (χ1) is 20.2. The summed E-state index contributed by atoms with van der Waals surface area (Å²) in [5.74, 6) is -0.320. The summed E-state index contributed by atoms with van der Waals surface area (Å²) in [4.78, 5) is 38.9. The molecule has 0 unspecified atom stereocenters. The number of nitrogens with one attached hydrogen (secondary N) is 1. The number of amides is 3. The van der Waals surface area contributed by atoms with E-state index >= 15 is 0 Å². The maximum atomic E-state index is 13.0. The molecule has 3 aromatic rings. The van der Waals surface area contributed by atoms with Gasteiger partial charge in [-0.05, 0) is 85.5 Å². The van der Waals surface area contributed by atoms with Crippen LogP contribution in [0.1, 0.15) is 87.9 Å². The van der Waals surface area contributed by atoms with E-state index < -0.39 is 23.3 Å². The van der Waals surface area contributed by atoms with Crippen LogP contribution in [0.4, 0.5) is 0 Å². The maximum Gasteiger partial charge on any atom is 0.248 e. The molecule has 0 bridgehead atoms. The number of aryl methyl sites for hydroxylation is 3. The Kier molecular flexibility index (Phi) is 8.09. The first kappa shape index (κ1) is 29.0. The predicted octanol–water partition coefficient (Wildman–Crippen LogP) is 2.15. The molecule has 2 aromatic carbocycles. The van der Waals surface area contributed by atoms with Crippen molar-refractivity contribution < 1.29 is 18.8 Å². The van der Waals surface area contributed by atoms with Crippen LogP contribution in [0, 0.1) is 11.3 Å². The van der Waals surface area contributed by atoms with E-state index in [1.165, 1.54) is 0 Å². The molecular formula is C31H35N7O4. The molecule has 0 radical (unpaired) electrons. The van der Waals surface area contributed by atoms with Crippen molar-refractivity contribution in [1.82, 2.24) is 20.4 Å². The van der Waals surface area contributed by atoms with E-state index in [0.29, 0.717) is 61.6 Å². The molecule has 2 heterocycles. The zero-order chi connectivity index (χ0) is 30.0. The Morgan fingerprint density at radius 2 is 1.71 bits per heavy atom. The smallest absolute Gasteiger partial charge is 0.248 e. The van der Waals surface area contributed by atoms with Crippen LogP contribution < -0.4 is 16.8 Å². The van der Waals surface area contributed by atoms with Gasteiger partial charge in [-0.2, -0.15) is 5.26 Å². The van der Waals surface area contributed by atoms with Crippen molar-refractivity contribution in [2.24, 2.45) is 11.5 Å². The second-order valence-electron chi connectivity index (χ2n) is 11.1. The monoisotopic (exact) mass is 569 g/mol. The first-order valence-electron chi connectivity index (χ1n) is 14.3. The first-order valence-corrected chi connectivity index (χ1v) is 14.3. The second kappa shape index (κ2) is 11.7. The molecule has 0 spiro atoms. The van der Waals surface area contributed by atoms with Gasteiger partial charge in [0, 0.05) is 30.1 Å². The quantitative estimate of drug-likeness (QED) is 0.350. The van der Waals surface area contributed by atoms with Crippen LogP contribution in [0.25, 0.3) is 0 Å². The number of carbonyl (C=O) groups excluding carboxylic acids is 3. The van der Waals surface area contributed by atoms with E-state index in [0.717, 1.165) is 28.7 Å². The summed E-state index contributed by atoms with van der Waals surface area (Å²) in [7, 11) is 0. The largest absolute Gasteiger partial charge is 0.424 e. The van der Waals surface area contributed by atoms with Crippen molar-refractivity contribution in [2.75, 3.05) is 13.1 Å². The molecule has 5 rings (SSSR count). The number of benzene rings is 2. The number of nitriles is 1. The van der Waals surface area contributed by atoms with Crippen molar-refractivity contribution >= 4 is 17.7 Å². The molecule has 2 atom stereocenters. The van der Waals surface area contributed by atoms with Gasteiger partial charge in [-0.1, -0.05) is 19.1 Å². The Balaban J connectivity index is 1.62. The molecule has 11 nitrogen and oxygen atoms in total. The van der Waals surface area contributed by atoms with Crippen LogP contribution >= 0.6 is 0 Å². The summed E-state index contributed by atoms with van der Waals surface area (Å²) >= 11 is 0. The van der Waals surface area contributed by atoms with Crippen LogP contribution in [0.2, 0.25) is 0 Å². The van der Waals surface area contributed by atoms with Crippen molar-refractivity contribution in [1.29, 1.82) is 5.26 Å². The third kappa shape index (κ3) is 5.25. The minimum atomic E-state index is -0.980. The molecule has 0 saturated carbocycles. The summed E-state index contributed by atoms with van der Waals surface area (Å²) < 4.78 is 6.29. The molecule has 3 amide bonds. The van der Waals surface area contributed by atoms with Gasteiger partial charge in [-0.25, -0.2) is 0 Å². The Bertz CT molecular complexity index is 1510. The van der Waals surface area contributed by atoms with Gasteiger partial charge >= 0.3 is 0 Å². The van der Waals surface area contributed by atoms with E-state index in [1.54, 1.807) is 29.2 Å². The number of aromatic nitrogens is 2. The van der Waals surface area contributed by atoms with Gasteiger partial charge in [-0.15, -0.1) is 10.2 Å². The normalized spacial score (nSPS) is 17.9. The second-order valence-corrected chi connectivity index (χ2v) is 11.1. The molecule has 1 saturated heterocycles. The topological polar surface area (TPSA) is 181 Å². The SMILES string of the molecule is CCc1nnc(C2(C[C@@H](C)NCC(=O)N3CCC[C@H]3C#N)c3ccc(C(N)=O)cc3CCc3cc(C(N)=O)ccc32)o1. The average molecular weight is 570 g/mol. The average Bonchev–Trinajstić information content (AvgIpc) is 3.65. The Morgan fingerprint density at radius 3 is 2.24 bits per heavy atom. The number of nitrogens with two attached hydrogens (primary N) is 2. The molecule has 2 aliphatic rings. The van der Waals surface area contributed by atoms with Crippen LogP contribution in [-0.2, 0) is 29.5 Å². The summed E-state index contributed by atoms with van der Waals surface area (Å²) in [6.45, 7) is 4.56. The number of fused-ring (bicyclic) bond motifs is 2. The maximum absolute atomic E-state index is 13.0. The Hall–Kier alpha value is -4.56. The molecule has 1 aliphatic carbocycles. The lowest BCUT2D eigenvalue weighted by molar-refractivity contribution is -0.130. The van der Waals surface area contributed by atoms with Crippen molar-refractivity contribution in [2.45, 2.75) is 69.9 Å². The van der Waals surface area contributed by atoms with Gasteiger partial charge < -0.3 is 26.1 Å². The molecule has 11 heteroatoms. The van der Waals surface area contributed by atoms with Gasteiger partial charge in [0.15, 0.2) is 0 Å². The molecule has 5 N–H and O–H groups in total. The fourth-order valence-corrected chi connectivity index (χ4v) is 6.36. The zero-order valence-corrected chi connectivity index (χ0v) is 23.9.